The molecular weight excluding hydrogens is 381 g/mol. The second-order valence-corrected chi connectivity index (χ2v) is 6.82. The zero-order valence-electron chi connectivity index (χ0n) is 15.7. The van der Waals surface area contributed by atoms with Crippen molar-refractivity contribution in [3.05, 3.63) is 54.9 Å². The minimum Gasteiger partial charge on any atom is -0.343 e. The van der Waals surface area contributed by atoms with Gasteiger partial charge in [0.2, 0.25) is 0 Å². The summed E-state index contributed by atoms with van der Waals surface area (Å²) in [6, 6.07) is 4.90. The number of aromatic amines is 1. The first-order valence-electron chi connectivity index (χ1n) is 9.33. The maximum absolute atomic E-state index is 13.4. The minimum absolute atomic E-state index is 0.0647. The Morgan fingerprint density at radius 2 is 1.97 bits per heavy atom. The largest absolute Gasteiger partial charge is 0.395 e. The van der Waals surface area contributed by atoms with Crippen LogP contribution in [0.25, 0.3) is 28.1 Å². The van der Waals surface area contributed by atoms with Crippen molar-refractivity contribution in [1.29, 1.82) is 0 Å². The zero-order chi connectivity index (χ0) is 20.4. The van der Waals surface area contributed by atoms with Crippen LogP contribution in [0.1, 0.15) is 37.7 Å². The molecule has 0 saturated heterocycles. The van der Waals surface area contributed by atoms with Gasteiger partial charge < -0.3 is 4.98 Å². The van der Waals surface area contributed by atoms with Crippen LogP contribution in [0.15, 0.2) is 49.3 Å². The quantitative estimate of drug-likeness (QED) is 0.492. The summed E-state index contributed by atoms with van der Waals surface area (Å²) in [5, 5.41) is 4.30. The third kappa shape index (κ3) is 3.85. The highest BCUT2D eigenvalue weighted by molar-refractivity contribution is 5.88. The van der Waals surface area contributed by atoms with Crippen LogP contribution in [-0.2, 0) is 0 Å². The molecule has 0 unspecified atom stereocenters. The van der Waals surface area contributed by atoms with Crippen molar-refractivity contribution in [1.82, 2.24) is 29.7 Å². The Labute approximate surface area is 164 Å². The van der Waals surface area contributed by atoms with Crippen molar-refractivity contribution in [2.75, 3.05) is 0 Å². The number of nitrogens with one attached hydrogen (secondary N) is 1. The molecule has 0 radical (unpaired) electrons. The standard InChI is InChI=1S/C20H19F3N6/c1-2-3-4-16(20(21,22)23)13-5-6-17(25-9-13)29-11-14(10-28-29)15-7-8-24-19-18(15)26-12-27-19/h5-12,16H,2-4H2,1H3,(H,24,26,27)/t16-/m0/s1. The molecule has 4 heterocycles. The monoisotopic (exact) mass is 400 g/mol. The van der Waals surface area contributed by atoms with E-state index in [1.807, 2.05) is 13.0 Å². The highest BCUT2D eigenvalue weighted by Crippen LogP contribution is 2.38. The van der Waals surface area contributed by atoms with E-state index in [0.717, 1.165) is 16.6 Å². The molecule has 6 nitrogen and oxygen atoms in total. The topological polar surface area (TPSA) is 72.3 Å². The van der Waals surface area contributed by atoms with E-state index in [0.29, 0.717) is 24.3 Å². The Bertz CT molecular complexity index is 1100. The van der Waals surface area contributed by atoms with E-state index in [1.54, 1.807) is 31.0 Å². The number of hydrogen-bond donors (Lipinski definition) is 1. The van der Waals surface area contributed by atoms with Crippen molar-refractivity contribution in [2.24, 2.45) is 0 Å². The second-order valence-electron chi connectivity index (χ2n) is 6.82. The summed E-state index contributed by atoms with van der Waals surface area (Å²) in [5.74, 6) is -1.05. The Kier molecular flexibility index (Phi) is 5.04. The number of alkyl halides is 3. The van der Waals surface area contributed by atoms with Gasteiger partial charge in [-0.3, -0.25) is 0 Å². The number of fused-ring (bicyclic) bond motifs is 1. The lowest BCUT2D eigenvalue weighted by Crippen LogP contribution is -2.21. The maximum Gasteiger partial charge on any atom is 0.395 e. The summed E-state index contributed by atoms with van der Waals surface area (Å²) >= 11 is 0. The molecule has 0 spiro atoms. The number of aromatic nitrogens is 6. The average molecular weight is 400 g/mol. The van der Waals surface area contributed by atoms with Crippen molar-refractivity contribution in [3.63, 3.8) is 0 Å². The van der Waals surface area contributed by atoms with Crippen LogP contribution < -0.4 is 0 Å². The van der Waals surface area contributed by atoms with E-state index in [-0.39, 0.29) is 12.0 Å². The predicted molar refractivity (Wildman–Crippen MR) is 103 cm³/mol. The van der Waals surface area contributed by atoms with E-state index < -0.39 is 12.1 Å². The van der Waals surface area contributed by atoms with Gasteiger partial charge in [0.05, 0.1) is 24.0 Å². The van der Waals surface area contributed by atoms with Crippen molar-refractivity contribution >= 4 is 11.2 Å². The zero-order valence-corrected chi connectivity index (χ0v) is 15.7. The molecular formula is C20H19F3N6. The van der Waals surface area contributed by atoms with Gasteiger partial charge in [-0.15, -0.1) is 0 Å². The van der Waals surface area contributed by atoms with E-state index in [4.69, 9.17) is 0 Å². The molecule has 0 bridgehead atoms. The highest BCUT2D eigenvalue weighted by atomic mass is 19.4. The Morgan fingerprint density at radius 1 is 1.10 bits per heavy atom. The van der Waals surface area contributed by atoms with Crippen LogP contribution in [0.2, 0.25) is 0 Å². The number of halogens is 3. The van der Waals surface area contributed by atoms with Crippen LogP contribution in [0.5, 0.6) is 0 Å². The summed E-state index contributed by atoms with van der Waals surface area (Å²) in [6.45, 7) is 1.88. The first-order valence-corrected chi connectivity index (χ1v) is 9.33. The van der Waals surface area contributed by atoms with Crippen LogP contribution in [-0.4, -0.2) is 35.9 Å². The maximum atomic E-state index is 13.4. The number of rotatable bonds is 6. The van der Waals surface area contributed by atoms with Gasteiger partial charge in [-0.2, -0.15) is 18.3 Å². The van der Waals surface area contributed by atoms with Crippen LogP contribution in [0.4, 0.5) is 13.2 Å². The SMILES string of the molecule is CCCC[C@@H](c1ccc(-n2cc(-c3ccnc4nc[nH]c34)cn2)nc1)C(F)(F)F. The van der Waals surface area contributed by atoms with E-state index in [2.05, 4.69) is 25.0 Å². The first-order chi connectivity index (χ1) is 14.0. The third-order valence-electron chi connectivity index (χ3n) is 4.87. The van der Waals surface area contributed by atoms with Gasteiger partial charge in [0, 0.05) is 29.7 Å². The molecule has 0 aliphatic carbocycles. The molecule has 9 heteroatoms. The lowest BCUT2D eigenvalue weighted by Gasteiger charge is -2.20. The van der Waals surface area contributed by atoms with Gasteiger partial charge in [-0.25, -0.2) is 19.6 Å². The Balaban J connectivity index is 1.61. The summed E-state index contributed by atoms with van der Waals surface area (Å²) in [4.78, 5) is 15.6. The summed E-state index contributed by atoms with van der Waals surface area (Å²) in [6.07, 6.45) is 4.99. The van der Waals surface area contributed by atoms with Crippen LogP contribution >= 0.6 is 0 Å². The normalized spacial score (nSPS) is 13.1. The van der Waals surface area contributed by atoms with Gasteiger partial charge >= 0.3 is 6.18 Å². The molecule has 4 aromatic rings. The smallest absolute Gasteiger partial charge is 0.343 e. The van der Waals surface area contributed by atoms with Gasteiger partial charge in [0.1, 0.15) is 0 Å². The van der Waals surface area contributed by atoms with Gasteiger partial charge in [-0.1, -0.05) is 25.8 Å². The van der Waals surface area contributed by atoms with E-state index >= 15 is 0 Å². The molecule has 1 atom stereocenters. The summed E-state index contributed by atoms with van der Waals surface area (Å²) in [5.41, 5.74) is 3.27. The molecule has 29 heavy (non-hydrogen) atoms. The van der Waals surface area contributed by atoms with E-state index in [9.17, 15) is 13.2 Å². The first kappa shape index (κ1) is 19.1. The molecule has 4 aromatic heterocycles. The third-order valence-corrected chi connectivity index (χ3v) is 4.87. The number of hydrogen-bond acceptors (Lipinski definition) is 4. The molecule has 0 aliphatic heterocycles. The van der Waals surface area contributed by atoms with Crippen LogP contribution in [0.3, 0.4) is 0 Å². The summed E-state index contributed by atoms with van der Waals surface area (Å²) < 4.78 is 41.7. The fourth-order valence-corrected chi connectivity index (χ4v) is 3.34. The van der Waals surface area contributed by atoms with Gasteiger partial charge in [0.15, 0.2) is 11.5 Å². The molecule has 150 valence electrons. The Hall–Kier alpha value is -3.23. The van der Waals surface area contributed by atoms with Crippen LogP contribution in [0, 0.1) is 0 Å². The molecule has 0 fully saturated rings. The number of imidazole rings is 1. The minimum atomic E-state index is -4.28. The van der Waals surface area contributed by atoms with Crippen molar-refractivity contribution in [2.45, 2.75) is 38.3 Å². The fraction of sp³-hybridized carbons (Fsp3) is 0.300. The van der Waals surface area contributed by atoms with Gasteiger partial charge in [0.25, 0.3) is 0 Å². The predicted octanol–water partition coefficient (Wildman–Crippen LogP) is 5.04. The lowest BCUT2D eigenvalue weighted by atomic mass is 9.94. The molecule has 0 aliphatic rings. The second kappa shape index (κ2) is 7.65. The molecule has 4 rings (SSSR count). The fourth-order valence-electron chi connectivity index (χ4n) is 3.34. The van der Waals surface area contributed by atoms with Gasteiger partial charge in [-0.05, 0) is 24.1 Å². The molecule has 1 N–H and O–H groups in total. The highest BCUT2D eigenvalue weighted by Gasteiger charge is 2.40. The number of unbranched alkanes of at least 4 members (excludes halogenated alkanes) is 1. The van der Waals surface area contributed by atoms with E-state index in [1.165, 1.54) is 16.9 Å². The van der Waals surface area contributed by atoms with Crippen molar-refractivity contribution in [3.8, 4) is 16.9 Å². The summed E-state index contributed by atoms with van der Waals surface area (Å²) in [7, 11) is 0. The molecule has 0 aromatic carbocycles. The lowest BCUT2D eigenvalue weighted by molar-refractivity contribution is -0.152. The number of pyridine rings is 2. The Morgan fingerprint density at radius 3 is 2.69 bits per heavy atom. The number of nitrogens with zero attached hydrogens (tertiary/aromatic N) is 5. The molecule has 0 amide bonds. The molecule has 0 saturated carbocycles. The number of H-pyrrole nitrogens is 1. The average Bonchev–Trinajstić information content (AvgIpc) is 3.37. The van der Waals surface area contributed by atoms with Crippen molar-refractivity contribution < 1.29 is 13.2 Å².